The molecule has 1 atom stereocenters. The van der Waals surface area contributed by atoms with Crippen LogP contribution in [0.15, 0.2) is 22.7 Å². The van der Waals surface area contributed by atoms with Crippen LogP contribution in [0.4, 0.5) is 5.69 Å². The summed E-state index contributed by atoms with van der Waals surface area (Å²) >= 11 is 3.39. The number of nitrogens with zero attached hydrogens (tertiary/aromatic N) is 1. The van der Waals surface area contributed by atoms with Gasteiger partial charge >= 0.3 is 0 Å². The summed E-state index contributed by atoms with van der Waals surface area (Å²) in [5.41, 5.74) is 1.69. The van der Waals surface area contributed by atoms with Crippen molar-refractivity contribution in [1.82, 2.24) is 5.32 Å². The molecule has 0 saturated carbocycles. The fraction of sp³-hybridized carbons (Fsp3) is 0.429. The van der Waals surface area contributed by atoms with Crippen LogP contribution >= 0.6 is 15.9 Å². The van der Waals surface area contributed by atoms with Crippen LogP contribution in [-0.4, -0.2) is 32.3 Å². The van der Waals surface area contributed by atoms with Gasteiger partial charge in [0.15, 0.2) is 6.29 Å². The molecule has 102 valence electrons. The molecule has 1 aliphatic heterocycles. The normalized spacial score (nSPS) is 19.1. The second-order valence-corrected chi connectivity index (χ2v) is 5.58. The molecule has 1 saturated heterocycles. The molecule has 1 aromatic rings. The van der Waals surface area contributed by atoms with E-state index in [1.165, 1.54) is 0 Å². The highest BCUT2D eigenvalue weighted by Crippen LogP contribution is 2.27. The van der Waals surface area contributed by atoms with Gasteiger partial charge in [-0.25, -0.2) is 0 Å². The number of carbonyl (C=O) groups is 2. The summed E-state index contributed by atoms with van der Waals surface area (Å²) in [6.07, 6.45) is 2.77. The summed E-state index contributed by atoms with van der Waals surface area (Å²) in [5, 5.41) is 2.72. The van der Waals surface area contributed by atoms with Crippen molar-refractivity contribution in [3.05, 3.63) is 28.2 Å². The van der Waals surface area contributed by atoms with Gasteiger partial charge in [-0.2, -0.15) is 0 Å². The predicted molar refractivity (Wildman–Crippen MR) is 78.5 cm³/mol. The zero-order chi connectivity index (χ0) is 13.8. The van der Waals surface area contributed by atoms with Crippen LogP contribution in [0, 0.1) is 5.92 Å². The van der Waals surface area contributed by atoms with Gasteiger partial charge in [-0.3, -0.25) is 9.59 Å². The summed E-state index contributed by atoms with van der Waals surface area (Å²) in [5.74, 6) is 0.150. The lowest BCUT2D eigenvalue weighted by atomic mass is 9.96. The second-order valence-electron chi connectivity index (χ2n) is 4.72. The molecule has 1 aliphatic rings. The maximum absolute atomic E-state index is 11.7. The number of halogens is 1. The largest absolute Gasteiger partial charge is 0.371 e. The Kier molecular flexibility index (Phi) is 4.58. The second kappa shape index (κ2) is 6.19. The first-order valence-corrected chi connectivity index (χ1v) is 7.16. The fourth-order valence-corrected chi connectivity index (χ4v) is 2.90. The number of rotatable bonds is 3. The topological polar surface area (TPSA) is 49.4 Å². The van der Waals surface area contributed by atoms with Gasteiger partial charge in [0.25, 0.3) is 0 Å². The van der Waals surface area contributed by atoms with Gasteiger partial charge < -0.3 is 10.2 Å². The summed E-state index contributed by atoms with van der Waals surface area (Å²) in [6, 6.07) is 5.67. The number of piperidine rings is 1. The van der Waals surface area contributed by atoms with E-state index in [0.717, 1.165) is 42.4 Å². The van der Waals surface area contributed by atoms with Crippen molar-refractivity contribution in [3.63, 3.8) is 0 Å². The number of benzene rings is 1. The first-order chi connectivity index (χ1) is 9.15. The molecular weight excluding hydrogens is 308 g/mol. The van der Waals surface area contributed by atoms with Gasteiger partial charge in [0.05, 0.1) is 5.92 Å². The Bertz CT molecular complexity index is 490. The van der Waals surface area contributed by atoms with Gasteiger partial charge in [-0.1, -0.05) is 0 Å². The van der Waals surface area contributed by atoms with E-state index in [2.05, 4.69) is 26.1 Å². The van der Waals surface area contributed by atoms with E-state index in [4.69, 9.17) is 0 Å². The predicted octanol–water partition coefficient (Wildman–Crippen LogP) is 2.22. The highest BCUT2D eigenvalue weighted by Gasteiger charge is 2.25. The van der Waals surface area contributed by atoms with Crippen LogP contribution in [0.5, 0.6) is 0 Å². The van der Waals surface area contributed by atoms with Crippen LogP contribution in [-0.2, 0) is 4.79 Å². The zero-order valence-electron chi connectivity index (χ0n) is 10.9. The van der Waals surface area contributed by atoms with Gasteiger partial charge in [-0.15, -0.1) is 0 Å². The molecule has 4 nitrogen and oxygen atoms in total. The van der Waals surface area contributed by atoms with E-state index < -0.39 is 0 Å². The van der Waals surface area contributed by atoms with E-state index in [1.807, 2.05) is 12.1 Å². The van der Waals surface area contributed by atoms with Crippen molar-refractivity contribution in [3.8, 4) is 0 Å². The molecule has 0 spiro atoms. The van der Waals surface area contributed by atoms with Crippen LogP contribution in [0.25, 0.3) is 0 Å². The van der Waals surface area contributed by atoms with Gasteiger partial charge in [0, 0.05) is 35.9 Å². The van der Waals surface area contributed by atoms with E-state index in [1.54, 1.807) is 13.1 Å². The fourth-order valence-electron chi connectivity index (χ4n) is 2.44. The lowest BCUT2D eigenvalue weighted by Gasteiger charge is -2.33. The standard InChI is InChI=1S/C14H17BrN2O2/c1-16-14(19)10-3-2-6-17(8-10)12-5-4-11(9-18)13(15)7-12/h4-5,7,9-10H,2-3,6,8H2,1H3,(H,16,19). The van der Waals surface area contributed by atoms with Crippen LogP contribution in [0.1, 0.15) is 23.2 Å². The number of hydrogen-bond acceptors (Lipinski definition) is 3. The quantitative estimate of drug-likeness (QED) is 0.867. The Morgan fingerprint density at radius 2 is 2.32 bits per heavy atom. The molecule has 2 rings (SSSR count). The van der Waals surface area contributed by atoms with Crippen LogP contribution in [0.2, 0.25) is 0 Å². The Morgan fingerprint density at radius 1 is 1.53 bits per heavy atom. The van der Waals surface area contributed by atoms with E-state index >= 15 is 0 Å². The molecule has 1 unspecified atom stereocenters. The van der Waals surface area contributed by atoms with Gasteiger partial charge in [0.2, 0.25) is 5.91 Å². The number of amides is 1. The summed E-state index contributed by atoms with van der Waals surface area (Å²) in [4.78, 5) is 24.7. The third-order valence-corrected chi connectivity index (χ3v) is 4.20. The van der Waals surface area contributed by atoms with E-state index in [-0.39, 0.29) is 11.8 Å². The Balaban J connectivity index is 2.15. The van der Waals surface area contributed by atoms with Gasteiger partial charge in [-0.05, 0) is 47.0 Å². The molecule has 0 aromatic heterocycles. The highest BCUT2D eigenvalue weighted by atomic mass is 79.9. The average molecular weight is 325 g/mol. The first-order valence-electron chi connectivity index (χ1n) is 6.37. The molecule has 5 heteroatoms. The third-order valence-electron chi connectivity index (χ3n) is 3.51. The minimum atomic E-state index is 0.0447. The molecule has 0 aliphatic carbocycles. The highest BCUT2D eigenvalue weighted by molar-refractivity contribution is 9.10. The van der Waals surface area contributed by atoms with Crippen molar-refractivity contribution in [2.45, 2.75) is 12.8 Å². The maximum Gasteiger partial charge on any atom is 0.224 e. The minimum Gasteiger partial charge on any atom is -0.371 e. The lowest BCUT2D eigenvalue weighted by molar-refractivity contribution is -0.124. The van der Waals surface area contributed by atoms with Crippen molar-refractivity contribution in [2.75, 3.05) is 25.0 Å². The molecule has 1 N–H and O–H groups in total. The smallest absolute Gasteiger partial charge is 0.224 e. The number of anilines is 1. The Morgan fingerprint density at radius 3 is 2.95 bits per heavy atom. The monoisotopic (exact) mass is 324 g/mol. The Labute approximate surface area is 121 Å². The number of nitrogens with one attached hydrogen (secondary N) is 1. The lowest BCUT2D eigenvalue weighted by Crippen LogP contribution is -2.42. The van der Waals surface area contributed by atoms with Crippen molar-refractivity contribution in [2.24, 2.45) is 5.92 Å². The molecule has 0 bridgehead atoms. The third kappa shape index (κ3) is 3.15. The molecule has 1 amide bonds. The molecule has 0 radical (unpaired) electrons. The minimum absolute atomic E-state index is 0.0447. The van der Waals surface area contributed by atoms with E-state index in [9.17, 15) is 9.59 Å². The molecule has 19 heavy (non-hydrogen) atoms. The zero-order valence-corrected chi connectivity index (χ0v) is 12.4. The molecular formula is C14H17BrN2O2. The SMILES string of the molecule is CNC(=O)C1CCCN(c2ccc(C=O)c(Br)c2)C1. The maximum atomic E-state index is 11.7. The number of aldehydes is 1. The summed E-state index contributed by atoms with van der Waals surface area (Å²) in [7, 11) is 1.68. The molecule has 1 aromatic carbocycles. The Hall–Kier alpha value is -1.36. The van der Waals surface area contributed by atoms with Crippen molar-refractivity contribution >= 4 is 33.8 Å². The van der Waals surface area contributed by atoms with E-state index in [0.29, 0.717) is 5.56 Å². The van der Waals surface area contributed by atoms with Crippen molar-refractivity contribution in [1.29, 1.82) is 0 Å². The molecule has 1 fully saturated rings. The first kappa shape index (κ1) is 14.1. The molecule has 1 heterocycles. The summed E-state index contributed by atoms with van der Waals surface area (Å²) in [6.45, 7) is 1.67. The van der Waals surface area contributed by atoms with Crippen LogP contribution < -0.4 is 10.2 Å². The number of hydrogen-bond donors (Lipinski definition) is 1. The van der Waals surface area contributed by atoms with Crippen LogP contribution in [0.3, 0.4) is 0 Å². The average Bonchev–Trinajstić information content (AvgIpc) is 2.46. The van der Waals surface area contributed by atoms with Gasteiger partial charge in [0.1, 0.15) is 0 Å². The number of carbonyl (C=O) groups excluding carboxylic acids is 2. The summed E-state index contributed by atoms with van der Waals surface area (Å²) < 4.78 is 0.794. The van der Waals surface area contributed by atoms with Crippen molar-refractivity contribution < 1.29 is 9.59 Å².